The van der Waals surface area contributed by atoms with E-state index in [1.54, 1.807) is 7.11 Å². The molecule has 2 N–H and O–H groups in total. The molecule has 0 saturated carbocycles. The molecule has 2 nitrogen and oxygen atoms in total. The van der Waals surface area contributed by atoms with E-state index in [4.69, 9.17) is 10.5 Å². The van der Waals surface area contributed by atoms with Crippen molar-refractivity contribution in [1.29, 1.82) is 0 Å². The lowest BCUT2D eigenvalue weighted by Gasteiger charge is -2.27. The third-order valence-corrected chi connectivity index (χ3v) is 2.93. The Morgan fingerprint density at radius 2 is 2.21 bits per heavy atom. The number of rotatable bonds is 4. The fourth-order valence-electron chi connectivity index (χ4n) is 1.44. The van der Waals surface area contributed by atoms with Gasteiger partial charge in [-0.05, 0) is 17.7 Å². The van der Waals surface area contributed by atoms with Crippen molar-refractivity contribution in [2.75, 3.05) is 20.3 Å². The molecule has 0 aliphatic heterocycles. The molecule has 1 atom stereocenters. The summed E-state index contributed by atoms with van der Waals surface area (Å²) in [6.07, 6.45) is 0. The zero-order valence-corrected chi connectivity index (χ0v) is 10.2. The summed E-state index contributed by atoms with van der Waals surface area (Å²) in [5.41, 5.74) is 6.89. The molecule has 0 aromatic heterocycles. The summed E-state index contributed by atoms with van der Waals surface area (Å²) in [5, 5.41) is 0. The van der Waals surface area contributed by atoms with Crippen molar-refractivity contribution < 1.29 is 4.74 Å². The minimum Gasteiger partial charge on any atom is -0.384 e. The van der Waals surface area contributed by atoms with E-state index in [1.165, 1.54) is 5.56 Å². The van der Waals surface area contributed by atoms with E-state index in [9.17, 15) is 0 Å². The van der Waals surface area contributed by atoms with Crippen LogP contribution in [-0.4, -0.2) is 20.3 Å². The SMILES string of the molecule is COCC(C)(CN)c1cccc(Br)c1. The highest BCUT2D eigenvalue weighted by molar-refractivity contribution is 9.10. The van der Waals surface area contributed by atoms with Crippen LogP contribution in [0.5, 0.6) is 0 Å². The molecule has 0 heterocycles. The van der Waals surface area contributed by atoms with Crippen molar-refractivity contribution in [3.63, 3.8) is 0 Å². The zero-order valence-electron chi connectivity index (χ0n) is 8.59. The fourth-order valence-corrected chi connectivity index (χ4v) is 1.84. The molecule has 1 unspecified atom stereocenters. The van der Waals surface area contributed by atoms with Gasteiger partial charge in [0.05, 0.1) is 6.61 Å². The number of halogens is 1. The van der Waals surface area contributed by atoms with Gasteiger partial charge in [-0.3, -0.25) is 0 Å². The van der Waals surface area contributed by atoms with Crippen LogP contribution >= 0.6 is 15.9 Å². The Bertz CT molecular complexity index is 303. The van der Waals surface area contributed by atoms with Gasteiger partial charge in [0.25, 0.3) is 0 Å². The Kier molecular flexibility index (Phi) is 4.11. The first kappa shape index (κ1) is 11.7. The van der Waals surface area contributed by atoms with Crippen molar-refractivity contribution in [1.82, 2.24) is 0 Å². The van der Waals surface area contributed by atoms with Gasteiger partial charge in [-0.1, -0.05) is 35.0 Å². The van der Waals surface area contributed by atoms with E-state index >= 15 is 0 Å². The second kappa shape index (κ2) is 4.91. The Morgan fingerprint density at radius 3 is 2.71 bits per heavy atom. The minimum atomic E-state index is -0.0987. The molecule has 0 amide bonds. The lowest BCUT2D eigenvalue weighted by molar-refractivity contribution is 0.141. The number of nitrogens with two attached hydrogens (primary N) is 1. The van der Waals surface area contributed by atoms with Crippen LogP contribution in [0.4, 0.5) is 0 Å². The van der Waals surface area contributed by atoms with E-state index in [0.717, 1.165) is 4.47 Å². The third kappa shape index (κ3) is 2.56. The Balaban J connectivity index is 2.99. The summed E-state index contributed by atoms with van der Waals surface area (Å²) < 4.78 is 6.27. The molecule has 1 rings (SSSR count). The predicted molar refractivity (Wildman–Crippen MR) is 62.4 cm³/mol. The number of ether oxygens (including phenoxy) is 1. The highest BCUT2D eigenvalue weighted by Gasteiger charge is 2.24. The molecular weight excluding hydrogens is 242 g/mol. The van der Waals surface area contributed by atoms with Crippen molar-refractivity contribution >= 4 is 15.9 Å². The second-order valence-electron chi connectivity index (χ2n) is 3.71. The number of benzene rings is 1. The van der Waals surface area contributed by atoms with Crippen LogP contribution in [0.2, 0.25) is 0 Å². The summed E-state index contributed by atoms with van der Waals surface area (Å²) in [6, 6.07) is 8.19. The Hall–Kier alpha value is -0.380. The summed E-state index contributed by atoms with van der Waals surface area (Å²) in [7, 11) is 1.70. The summed E-state index contributed by atoms with van der Waals surface area (Å²) in [4.78, 5) is 0. The minimum absolute atomic E-state index is 0.0987. The molecular formula is C11H16BrNO. The van der Waals surface area contributed by atoms with E-state index in [-0.39, 0.29) is 5.41 Å². The Morgan fingerprint density at radius 1 is 1.50 bits per heavy atom. The summed E-state index contributed by atoms with van der Waals surface area (Å²) in [5.74, 6) is 0. The van der Waals surface area contributed by atoms with Crippen molar-refractivity contribution in [3.05, 3.63) is 34.3 Å². The first-order valence-corrected chi connectivity index (χ1v) is 5.37. The topological polar surface area (TPSA) is 35.2 Å². The number of hydrogen-bond acceptors (Lipinski definition) is 2. The number of methoxy groups -OCH3 is 1. The highest BCUT2D eigenvalue weighted by atomic mass is 79.9. The van der Waals surface area contributed by atoms with Crippen LogP contribution in [0.1, 0.15) is 12.5 Å². The zero-order chi connectivity index (χ0) is 10.6. The van der Waals surface area contributed by atoms with Gasteiger partial charge in [-0.25, -0.2) is 0 Å². The molecule has 0 aliphatic carbocycles. The van der Waals surface area contributed by atoms with Gasteiger partial charge in [-0.15, -0.1) is 0 Å². The lowest BCUT2D eigenvalue weighted by atomic mass is 9.83. The van der Waals surface area contributed by atoms with Gasteiger partial charge in [0, 0.05) is 23.5 Å². The van der Waals surface area contributed by atoms with Crippen LogP contribution in [0.15, 0.2) is 28.7 Å². The van der Waals surface area contributed by atoms with Gasteiger partial charge in [0.15, 0.2) is 0 Å². The van der Waals surface area contributed by atoms with Crippen molar-refractivity contribution in [3.8, 4) is 0 Å². The maximum absolute atomic E-state index is 5.78. The van der Waals surface area contributed by atoms with Gasteiger partial charge in [0.1, 0.15) is 0 Å². The summed E-state index contributed by atoms with van der Waals surface area (Å²) in [6.45, 7) is 3.33. The molecule has 0 saturated heterocycles. The first-order valence-electron chi connectivity index (χ1n) is 4.57. The van der Waals surface area contributed by atoms with Crippen LogP contribution < -0.4 is 5.73 Å². The summed E-state index contributed by atoms with van der Waals surface area (Å²) >= 11 is 3.45. The molecule has 0 aliphatic rings. The lowest BCUT2D eigenvalue weighted by Crippen LogP contribution is -2.36. The van der Waals surface area contributed by atoms with E-state index < -0.39 is 0 Å². The van der Waals surface area contributed by atoms with E-state index in [1.807, 2.05) is 12.1 Å². The third-order valence-electron chi connectivity index (χ3n) is 2.43. The van der Waals surface area contributed by atoms with Crippen molar-refractivity contribution in [2.24, 2.45) is 5.73 Å². The molecule has 0 radical (unpaired) electrons. The van der Waals surface area contributed by atoms with Crippen molar-refractivity contribution in [2.45, 2.75) is 12.3 Å². The quantitative estimate of drug-likeness (QED) is 0.899. The average Bonchev–Trinajstić information content (AvgIpc) is 2.18. The van der Waals surface area contributed by atoms with Gasteiger partial charge < -0.3 is 10.5 Å². The van der Waals surface area contributed by atoms with E-state index in [0.29, 0.717) is 13.2 Å². The molecule has 78 valence electrons. The largest absolute Gasteiger partial charge is 0.384 e. The Labute approximate surface area is 93.6 Å². The average molecular weight is 258 g/mol. The molecule has 3 heteroatoms. The monoisotopic (exact) mass is 257 g/mol. The van der Waals surface area contributed by atoms with Gasteiger partial charge in [0.2, 0.25) is 0 Å². The molecule has 1 aromatic rings. The molecule has 1 aromatic carbocycles. The van der Waals surface area contributed by atoms with Gasteiger partial charge in [-0.2, -0.15) is 0 Å². The van der Waals surface area contributed by atoms with E-state index in [2.05, 4.69) is 35.0 Å². The van der Waals surface area contributed by atoms with Crippen LogP contribution in [0.3, 0.4) is 0 Å². The molecule has 0 bridgehead atoms. The molecule has 0 fully saturated rings. The smallest absolute Gasteiger partial charge is 0.0568 e. The predicted octanol–water partition coefficient (Wildman–Crippen LogP) is 2.31. The normalized spacial score (nSPS) is 15.1. The second-order valence-corrected chi connectivity index (χ2v) is 4.62. The van der Waals surface area contributed by atoms with Crippen LogP contribution in [0.25, 0.3) is 0 Å². The van der Waals surface area contributed by atoms with Gasteiger partial charge >= 0.3 is 0 Å². The molecule has 0 spiro atoms. The first-order chi connectivity index (χ1) is 6.62. The highest BCUT2D eigenvalue weighted by Crippen LogP contribution is 2.25. The van der Waals surface area contributed by atoms with Crippen LogP contribution in [0, 0.1) is 0 Å². The standard InChI is InChI=1S/C11H16BrNO/c1-11(7-13,8-14-2)9-4-3-5-10(12)6-9/h3-6H,7-8,13H2,1-2H3. The fraction of sp³-hybridized carbons (Fsp3) is 0.455. The van der Waals surface area contributed by atoms with Crippen LogP contribution in [-0.2, 0) is 10.2 Å². The number of hydrogen-bond donors (Lipinski definition) is 1. The molecule has 14 heavy (non-hydrogen) atoms. The maximum Gasteiger partial charge on any atom is 0.0568 e. The maximum atomic E-state index is 5.78.